The van der Waals surface area contributed by atoms with Gasteiger partial charge in [-0.3, -0.25) is 10.1 Å². The van der Waals surface area contributed by atoms with Crippen LogP contribution in [0.15, 0.2) is 12.4 Å². The summed E-state index contributed by atoms with van der Waals surface area (Å²) in [5.74, 6) is 1.12. The molecule has 2 N–H and O–H groups in total. The zero-order valence-electron chi connectivity index (χ0n) is 11.9. The number of hydrogen-bond acceptors (Lipinski definition) is 5. The number of aromatic nitrogens is 4. The highest BCUT2D eigenvalue weighted by molar-refractivity contribution is 5.60. The third kappa shape index (κ3) is 2.49. The van der Waals surface area contributed by atoms with Crippen molar-refractivity contribution in [3.8, 4) is 0 Å². The monoisotopic (exact) mass is 278 g/mol. The maximum atomic E-state index is 11.2. The molecule has 20 heavy (non-hydrogen) atoms. The molecule has 0 spiro atoms. The number of aryl methyl sites for hydroxylation is 1. The summed E-state index contributed by atoms with van der Waals surface area (Å²) in [4.78, 5) is 18.0. The van der Waals surface area contributed by atoms with Gasteiger partial charge in [0.25, 0.3) is 0 Å². The Morgan fingerprint density at radius 1 is 1.45 bits per heavy atom. The van der Waals surface area contributed by atoms with Gasteiger partial charge in [0.2, 0.25) is 5.82 Å². The molecule has 0 aromatic carbocycles. The fraction of sp³-hybridized carbons (Fsp3) is 0.500. The third-order valence-corrected chi connectivity index (χ3v) is 3.01. The summed E-state index contributed by atoms with van der Waals surface area (Å²) in [7, 11) is 0. The summed E-state index contributed by atoms with van der Waals surface area (Å²) in [6.45, 7) is 7.38. The van der Waals surface area contributed by atoms with Crippen LogP contribution in [0.1, 0.15) is 44.4 Å². The van der Waals surface area contributed by atoms with Crippen molar-refractivity contribution < 1.29 is 4.92 Å². The predicted octanol–water partition coefficient (Wildman–Crippen LogP) is 2.58. The largest absolute Gasteiger partial charge is 0.355 e. The van der Waals surface area contributed by atoms with Gasteiger partial charge < -0.3 is 10.3 Å². The lowest BCUT2D eigenvalue weighted by Crippen LogP contribution is -2.15. The quantitative estimate of drug-likeness (QED) is 0.646. The van der Waals surface area contributed by atoms with Gasteiger partial charge >= 0.3 is 5.69 Å². The zero-order valence-corrected chi connectivity index (χ0v) is 11.9. The summed E-state index contributed by atoms with van der Waals surface area (Å²) in [6, 6.07) is -0.161. The molecule has 0 saturated heterocycles. The van der Waals surface area contributed by atoms with E-state index in [2.05, 4.69) is 20.4 Å². The van der Waals surface area contributed by atoms with Gasteiger partial charge in [-0.1, -0.05) is 0 Å². The first-order valence-electron chi connectivity index (χ1n) is 6.41. The van der Waals surface area contributed by atoms with Gasteiger partial charge in [-0.2, -0.15) is 5.10 Å². The lowest BCUT2D eigenvalue weighted by molar-refractivity contribution is -0.384. The lowest BCUT2D eigenvalue weighted by atomic mass is 10.3. The summed E-state index contributed by atoms with van der Waals surface area (Å²) in [6.07, 6.45) is 3.36. The smallest absolute Gasteiger partial charge is 0.333 e. The van der Waals surface area contributed by atoms with Crippen molar-refractivity contribution in [1.82, 2.24) is 19.7 Å². The average Bonchev–Trinajstić information content (AvgIpc) is 2.96. The highest BCUT2D eigenvalue weighted by atomic mass is 16.6. The molecular weight excluding hydrogens is 260 g/mol. The van der Waals surface area contributed by atoms with E-state index in [4.69, 9.17) is 0 Å². The minimum atomic E-state index is -0.404. The molecule has 0 aliphatic heterocycles. The first-order valence-corrected chi connectivity index (χ1v) is 6.41. The van der Waals surface area contributed by atoms with Gasteiger partial charge in [-0.25, -0.2) is 9.67 Å². The lowest BCUT2D eigenvalue weighted by Gasteiger charge is -2.15. The van der Waals surface area contributed by atoms with Crippen LogP contribution < -0.4 is 5.32 Å². The van der Waals surface area contributed by atoms with E-state index in [9.17, 15) is 10.1 Å². The van der Waals surface area contributed by atoms with E-state index >= 15 is 0 Å². The van der Waals surface area contributed by atoms with Gasteiger partial charge in [0, 0.05) is 18.4 Å². The minimum Gasteiger partial charge on any atom is -0.355 e. The Kier molecular flexibility index (Phi) is 3.73. The van der Waals surface area contributed by atoms with Gasteiger partial charge in [-0.05, 0) is 27.7 Å². The first-order chi connectivity index (χ1) is 9.41. The average molecular weight is 278 g/mol. The van der Waals surface area contributed by atoms with Crippen LogP contribution in [0, 0.1) is 17.0 Å². The van der Waals surface area contributed by atoms with Crippen molar-refractivity contribution in [2.24, 2.45) is 0 Å². The second-order valence-corrected chi connectivity index (χ2v) is 4.92. The Morgan fingerprint density at radius 3 is 2.65 bits per heavy atom. The topological polar surface area (TPSA) is 102 Å². The number of nitro groups is 1. The van der Waals surface area contributed by atoms with Gasteiger partial charge in [-0.15, -0.1) is 0 Å². The molecule has 0 amide bonds. The van der Waals surface area contributed by atoms with E-state index in [0.717, 1.165) is 0 Å². The maximum absolute atomic E-state index is 11.2. The van der Waals surface area contributed by atoms with E-state index in [1.807, 2.05) is 20.8 Å². The fourth-order valence-corrected chi connectivity index (χ4v) is 2.05. The minimum absolute atomic E-state index is 0.0112. The van der Waals surface area contributed by atoms with Crippen molar-refractivity contribution in [3.63, 3.8) is 0 Å². The van der Waals surface area contributed by atoms with E-state index in [-0.39, 0.29) is 17.8 Å². The van der Waals surface area contributed by atoms with Crippen LogP contribution in [0.3, 0.4) is 0 Å². The molecule has 0 radical (unpaired) electrons. The molecule has 8 heteroatoms. The van der Waals surface area contributed by atoms with Crippen LogP contribution in [0.25, 0.3) is 0 Å². The molecule has 0 aliphatic carbocycles. The third-order valence-electron chi connectivity index (χ3n) is 3.01. The van der Waals surface area contributed by atoms with E-state index < -0.39 is 4.92 Å². The fourth-order valence-electron chi connectivity index (χ4n) is 2.05. The van der Waals surface area contributed by atoms with Gasteiger partial charge in [0.15, 0.2) is 0 Å². The molecule has 2 aromatic rings. The molecular formula is C12H18N6O2. The highest BCUT2D eigenvalue weighted by Gasteiger charge is 2.28. The van der Waals surface area contributed by atoms with E-state index in [1.165, 1.54) is 0 Å². The number of nitrogens with zero attached hydrogens (tertiary/aromatic N) is 4. The molecule has 1 atom stereocenters. The van der Waals surface area contributed by atoms with Crippen molar-refractivity contribution in [2.75, 3.05) is 5.32 Å². The second-order valence-electron chi connectivity index (χ2n) is 4.92. The van der Waals surface area contributed by atoms with Crippen LogP contribution in [-0.4, -0.2) is 24.7 Å². The maximum Gasteiger partial charge on any atom is 0.333 e. The SMILES string of the molecule is Cc1nn(C(C)C)c(NC(C)c2ncc[nH]2)c1[N+](=O)[O-]. The van der Waals surface area contributed by atoms with Crippen LogP contribution in [0.2, 0.25) is 0 Å². The first kappa shape index (κ1) is 14.0. The molecule has 0 fully saturated rings. The van der Waals surface area contributed by atoms with E-state index in [0.29, 0.717) is 17.3 Å². The number of nitrogens with one attached hydrogen (secondary N) is 2. The van der Waals surface area contributed by atoms with Crippen molar-refractivity contribution in [1.29, 1.82) is 0 Å². The van der Waals surface area contributed by atoms with Crippen LogP contribution in [0.4, 0.5) is 11.5 Å². The Bertz CT molecular complexity index is 602. The normalized spacial score (nSPS) is 12.7. The number of imidazole rings is 1. The Hall–Kier alpha value is -2.38. The molecule has 2 heterocycles. The summed E-state index contributed by atoms with van der Waals surface area (Å²) in [5, 5.41) is 18.6. The Labute approximate surface area is 116 Å². The number of hydrogen-bond donors (Lipinski definition) is 2. The standard InChI is InChI=1S/C12H18N6O2/c1-7(2)17-12(10(18(19)20)8(3)16-17)15-9(4)11-13-5-6-14-11/h5-7,9,15H,1-4H3,(H,13,14). The number of aromatic amines is 1. The molecule has 0 aliphatic rings. The van der Waals surface area contributed by atoms with Crippen molar-refractivity contribution >= 4 is 11.5 Å². The molecule has 8 nitrogen and oxygen atoms in total. The summed E-state index contributed by atoms with van der Waals surface area (Å²) < 4.78 is 1.63. The number of H-pyrrole nitrogens is 1. The Balaban J connectivity index is 2.41. The molecule has 2 rings (SSSR count). The van der Waals surface area contributed by atoms with Crippen LogP contribution in [-0.2, 0) is 0 Å². The second kappa shape index (κ2) is 5.32. The van der Waals surface area contributed by atoms with Gasteiger partial charge in [0.1, 0.15) is 11.5 Å². The number of rotatable bonds is 5. The zero-order chi connectivity index (χ0) is 14.9. The van der Waals surface area contributed by atoms with E-state index in [1.54, 1.807) is 24.0 Å². The molecule has 2 aromatic heterocycles. The molecule has 1 unspecified atom stereocenters. The van der Waals surface area contributed by atoms with Crippen LogP contribution >= 0.6 is 0 Å². The van der Waals surface area contributed by atoms with Crippen molar-refractivity contribution in [3.05, 3.63) is 34.0 Å². The van der Waals surface area contributed by atoms with Crippen molar-refractivity contribution in [2.45, 2.75) is 39.8 Å². The predicted molar refractivity (Wildman–Crippen MR) is 74.6 cm³/mol. The molecule has 0 saturated carbocycles. The highest BCUT2D eigenvalue weighted by Crippen LogP contribution is 2.32. The summed E-state index contributed by atoms with van der Waals surface area (Å²) in [5.41, 5.74) is 0.412. The number of anilines is 1. The summed E-state index contributed by atoms with van der Waals surface area (Å²) >= 11 is 0. The van der Waals surface area contributed by atoms with Gasteiger partial charge in [0.05, 0.1) is 11.0 Å². The molecule has 0 bridgehead atoms. The van der Waals surface area contributed by atoms with Crippen LogP contribution in [0.5, 0.6) is 0 Å². The molecule has 108 valence electrons. The Morgan fingerprint density at radius 2 is 2.15 bits per heavy atom.